The number of hydrogen-bond acceptors (Lipinski definition) is 5. The Labute approximate surface area is 151 Å². The molecule has 0 atom stereocenters. The van der Waals surface area contributed by atoms with Gasteiger partial charge in [-0.25, -0.2) is 14.4 Å². The predicted octanol–water partition coefficient (Wildman–Crippen LogP) is 2.35. The van der Waals surface area contributed by atoms with E-state index in [0.29, 0.717) is 43.3 Å². The molecule has 0 spiro atoms. The first-order chi connectivity index (χ1) is 12.7. The van der Waals surface area contributed by atoms with E-state index in [1.165, 1.54) is 6.33 Å². The van der Waals surface area contributed by atoms with Gasteiger partial charge in [0, 0.05) is 37.7 Å². The summed E-state index contributed by atoms with van der Waals surface area (Å²) in [4.78, 5) is 24.2. The summed E-state index contributed by atoms with van der Waals surface area (Å²) in [7, 11) is 1.59. The van der Waals surface area contributed by atoms with E-state index in [1.54, 1.807) is 31.4 Å². The quantitative estimate of drug-likeness (QED) is 0.842. The minimum absolute atomic E-state index is 0.221. The van der Waals surface area contributed by atoms with Gasteiger partial charge in [-0.2, -0.15) is 0 Å². The Morgan fingerprint density at radius 1 is 1.12 bits per heavy atom. The van der Waals surface area contributed by atoms with Crippen molar-refractivity contribution in [2.45, 2.75) is 12.8 Å². The summed E-state index contributed by atoms with van der Waals surface area (Å²) in [6, 6.07) is 7.11. The van der Waals surface area contributed by atoms with Crippen LogP contribution in [0.1, 0.15) is 12.8 Å². The van der Waals surface area contributed by atoms with Gasteiger partial charge in [0.15, 0.2) is 11.6 Å². The molecule has 26 heavy (non-hydrogen) atoms. The highest BCUT2D eigenvalue weighted by Gasteiger charge is 2.35. The summed E-state index contributed by atoms with van der Waals surface area (Å²) in [6.07, 6.45) is 3.40. The van der Waals surface area contributed by atoms with Crippen LogP contribution < -0.4 is 9.64 Å². The fourth-order valence-corrected chi connectivity index (χ4v) is 3.26. The number of amides is 1. The molecule has 2 heterocycles. The van der Waals surface area contributed by atoms with Crippen molar-refractivity contribution in [2.75, 3.05) is 38.2 Å². The fourth-order valence-electron chi connectivity index (χ4n) is 3.26. The second-order valence-electron chi connectivity index (χ2n) is 6.67. The number of aromatic nitrogens is 2. The van der Waals surface area contributed by atoms with Crippen LogP contribution in [0.3, 0.4) is 0 Å². The first-order valence-corrected chi connectivity index (χ1v) is 8.86. The smallest absolute Gasteiger partial charge is 0.225 e. The van der Waals surface area contributed by atoms with Gasteiger partial charge in [-0.15, -0.1) is 0 Å². The maximum atomic E-state index is 15.0. The number of hydrogen-bond donors (Lipinski definition) is 0. The number of ether oxygens (including phenoxy) is 1. The lowest BCUT2D eigenvalue weighted by atomic mass is 10.1. The lowest BCUT2D eigenvalue weighted by Crippen LogP contribution is -2.49. The van der Waals surface area contributed by atoms with E-state index in [-0.39, 0.29) is 17.5 Å². The Balaban J connectivity index is 1.51. The third-order valence-corrected chi connectivity index (χ3v) is 4.95. The first-order valence-electron chi connectivity index (χ1n) is 8.86. The lowest BCUT2D eigenvalue weighted by Gasteiger charge is -2.35. The van der Waals surface area contributed by atoms with Crippen LogP contribution in [0.2, 0.25) is 0 Å². The van der Waals surface area contributed by atoms with Crippen LogP contribution in [-0.4, -0.2) is 54.1 Å². The molecule has 2 fully saturated rings. The van der Waals surface area contributed by atoms with Gasteiger partial charge in [-0.05, 0) is 37.1 Å². The molecule has 0 unspecified atom stereocenters. The van der Waals surface area contributed by atoms with Crippen molar-refractivity contribution in [3.8, 4) is 17.0 Å². The molecule has 1 amide bonds. The van der Waals surface area contributed by atoms with Crippen molar-refractivity contribution in [2.24, 2.45) is 5.92 Å². The second-order valence-corrected chi connectivity index (χ2v) is 6.67. The second kappa shape index (κ2) is 6.90. The highest BCUT2D eigenvalue weighted by Crippen LogP contribution is 2.32. The number of piperazine rings is 1. The van der Waals surface area contributed by atoms with Crippen molar-refractivity contribution in [3.63, 3.8) is 0 Å². The maximum absolute atomic E-state index is 15.0. The van der Waals surface area contributed by atoms with E-state index in [4.69, 9.17) is 4.74 Å². The number of rotatable bonds is 4. The number of benzene rings is 1. The fraction of sp³-hybridized carbons (Fsp3) is 0.421. The van der Waals surface area contributed by atoms with Gasteiger partial charge >= 0.3 is 0 Å². The molecule has 0 bridgehead atoms. The molecule has 2 aromatic rings. The van der Waals surface area contributed by atoms with E-state index in [9.17, 15) is 4.79 Å². The van der Waals surface area contributed by atoms with E-state index >= 15 is 4.39 Å². The summed E-state index contributed by atoms with van der Waals surface area (Å²) in [5.74, 6) is 1.04. The molecule has 0 radical (unpaired) electrons. The molecule has 1 aromatic carbocycles. The molecule has 1 saturated heterocycles. The molecular formula is C19H21FN4O2. The monoisotopic (exact) mass is 356 g/mol. The predicted molar refractivity (Wildman–Crippen MR) is 95.5 cm³/mol. The molecule has 1 aliphatic heterocycles. The van der Waals surface area contributed by atoms with Crippen LogP contribution in [0.15, 0.2) is 30.6 Å². The van der Waals surface area contributed by atoms with Crippen LogP contribution in [0.25, 0.3) is 11.3 Å². The summed E-state index contributed by atoms with van der Waals surface area (Å²) >= 11 is 0. The topological polar surface area (TPSA) is 58.6 Å². The standard InChI is InChI=1S/C19H21FN4O2/c1-26-15-6-4-13(5-7-15)17-16(20)18(22-12-21-17)23-8-10-24(11-9-23)19(25)14-2-3-14/h4-7,12,14H,2-3,8-11H2,1H3. The lowest BCUT2D eigenvalue weighted by molar-refractivity contribution is -0.132. The van der Waals surface area contributed by atoms with Gasteiger partial charge in [0.1, 0.15) is 17.8 Å². The maximum Gasteiger partial charge on any atom is 0.225 e. The molecule has 2 aliphatic rings. The molecule has 6 nitrogen and oxygen atoms in total. The van der Waals surface area contributed by atoms with Crippen LogP contribution in [-0.2, 0) is 4.79 Å². The van der Waals surface area contributed by atoms with Crippen molar-refractivity contribution >= 4 is 11.7 Å². The van der Waals surface area contributed by atoms with Gasteiger partial charge < -0.3 is 14.5 Å². The van der Waals surface area contributed by atoms with E-state index in [2.05, 4.69) is 9.97 Å². The summed E-state index contributed by atoms with van der Waals surface area (Å²) in [6.45, 7) is 2.37. The average Bonchev–Trinajstić information content (AvgIpc) is 3.53. The van der Waals surface area contributed by atoms with Gasteiger partial charge in [0.05, 0.1) is 7.11 Å². The van der Waals surface area contributed by atoms with Gasteiger partial charge in [-0.3, -0.25) is 4.79 Å². The van der Waals surface area contributed by atoms with Crippen LogP contribution in [0, 0.1) is 11.7 Å². The van der Waals surface area contributed by atoms with E-state index < -0.39 is 5.82 Å². The van der Waals surface area contributed by atoms with E-state index in [1.807, 2.05) is 9.80 Å². The summed E-state index contributed by atoms with van der Waals surface area (Å²) in [5.41, 5.74) is 0.948. The number of halogens is 1. The van der Waals surface area contributed by atoms with Gasteiger partial charge in [0.2, 0.25) is 5.91 Å². The number of anilines is 1. The number of carbonyl (C=O) groups excluding carboxylic acids is 1. The Kier molecular flexibility index (Phi) is 4.44. The van der Waals surface area contributed by atoms with Crippen molar-refractivity contribution in [1.82, 2.24) is 14.9 Å². The van der Waals surface area contributed by atoms with Crippen molar-refractivity contribution < 1.29 is 13.9 Å². The first kappa shape index (κ1) is 16.8. The minimum atomic E-state index is -0.431. The highest BCUT2D eigenvalue weighted by molar-refractivity contribution is 5.81. The largest absolute Gasteiger partial charge is 0.497 e. The molecule has 4 rings (SSSR count). The van der Waals surface area contributed by atoms with Crippen LogP contribution in [0.4, 0.5) is 10.2 Å². The third-order valence-electron chi connectivity index (χ3n) is 4.95. The summed E-state index contributed by atoms with van der Waals surface area (Å²) in [5, 5.41) is 0. The third kappa shape index (κ3) is 3.21. The zero-order valence-electron chi connectivity index (χ0n) is 14.7. The zero-order valence-corrected chi connectivity index (χ0v) is 14.7. The number of methoxy groups -OCH3 is 1. The van der Waals surface area contributed by atoms with Crippen molar-refractivity contribution in [1.29, 1.82) is 0 Å². The van der Waals surface area contributed by atoms with E-state index in [0.717, 1.165) is 12.8 Å². The van der Waals surface area contributed by atoms with Gasteiger partial charge in [-0.1, -0.05) is 0 Å². The van der Waals surface area contributed by atoms with Crippen LogP contribution >= 0.6 is 0 Å². The normalized spacial score (nSPS) is 17.3. The zero-order chi connectivity index (χ0) is 18.1. The summed E-state index contributed by atoms with van der Waals surface area (Å²) < 4.78 is 20.2. The Bertz CT molecular complexity index is 800. The Hall–Kier alpha value is -2.70. The average molecular weight is 356 g/mol. The Morgan fingerprint density at radius 2 is 1.81 bits per heavy atom. The molecule has 7 heteroatoms. The number of carbonyl (C=O) groups is 1. The van der Waals surface area contributed by atoms with Crippen molar-refractivity contribution in [3.05, 3.63) is 36.4 Å². The molecule has 136 valence electrons. The SMILES string of the molecule is COc1ccc(-c2ncnc(N3CCN(C(=O)C4CC4)CC3)c2F)cc1. The molecule has 1 aromatic heterocycles. The van der Waals surface area contributed by atoms with Crippen LogP contribution in [0.5, 0.6) is 5.75 Å². The molecule has 0 N–H and O–H groups in total. The molecular weight excluding hydrogens is 335 g/mol. The molecule has 1 saturated carbocycles. The molecule has 1 aliphatic carbocycles. The Morgan fingerprint density at radius 3 is 2.42 bits per heavy atom. The minimum Gasteiger partial charge on any atom is -0.497 e. The number of nitrogens with zero attached hydrogens (tertiary/aromatic N) is 4. The van der Waals surface area contributed by atoms with Gasteiger partial charge in [0.25, 0.3) is 0 Å². The highest BCUT2D eigenvalue weighted by atomic mass is 19.1.